The average Bonchev–Trinajstić information content (AvgIpc) is 2.29. The fourth-order valence-corrected chi connectivity index (χ4v) is 1.80. The first-order chi connectivity index (χ1) is 7.66. The molecule has 0 atom stereocenters. The van der Waals surface area contributed by atoms with Gasteiger partial charge in [0, 0.05) is 20.9 Å². The number of ketones is 1. The molecule has 1 nitrogen and oxygen atoms in total. The molecule has 0 aliphatic rings. The average molecular weight is 246 g/mol. The summed E-state index contributed by atoms with van der Waals surface area (Å²) in [4.78, 5) is 13.7. The van der Waals surface area contributed by atoms with E-state index in [-0.39, 0.29) is 5.78 Å². The normalized spacial score (nSPS) is 10.1. The second kappa shape index (κ2) is 4.76. The van der Waals surface area contributed by atoms with Crippen LogP contribution in [0.25, 0.3) is 0 Å². The van der Waals surface area contributed by atoms with Gasteiger partial charge in [0.15, 0.2) is 5.78 Å². The minimum atomic E-state index is 0.00392. The molecule has 0 saturated carbocycles. The van der Waals surface area contributed by atoms with Gasteiger partial charge in [-0.25, -0.2) is 0 Å². The van der Waals surface area contributed by atoms with E-state index in [9.17, 15) is 4.79 Å². The van der Waals surface area contributed by atoms with Gasteiger partial charge >= 0.3 is 0 Å². The SMILES string of the molecule is O=C(c1ccc(S)cc1)c1cccc(S)c1. The van der Waals surface area contributed by atoms with Crippen molar-refractivity contribution >= 4 is 31.0 Å². The maximum Gasteiger partial charge on any atom is 0.193 e. The summed E-state index contributed by atoms with van der Waals surface area (Å²) in [7, 11) is 0. The van der Waals surface area contributed by atoms with Crippen LogP contribution in [0.5, 0.6) is 0 Å². The number of carbonyl (C=O) groups excluding carboxylic acids is 1. The van der Waals surface area contributed by atoms with Crippen LogP contribution in [-0.4, -0.2) is 5.78 Å². The van der Waals surface area contributed by atoms with Gasteiger partial charge in [0.05, 0.1) is 0 Å². The van der Waals surface area contributed by atoms with Crippen LogP contribution in [-0.2, 0) is 0 Å². The summed E-state index contributed by atoms with van der Waals surface area (Å²) in [5, 5.41) is 0. The third-order valence-electron chi connectivity index (χ3n) is 2.24. The Bertz CT molecular complexity index is 518. The van der Waals surface area contributed by atoms with Gasteiger partial charge in [-0.3, -0.25) is 4.79 Å². The highest BCUT2D eigenvalue weighted by molar-refractivity contribution is 7.80. The van der Waals surface area contributed by atoms with Crippen molar-refractivity contribution in [3.63, 3.8) is 0 Å². The predicted octanol–water partition coefficient (Wildman–Crippen LogP) is 3.50. The maximum atomic E-state index is 12.1. The molecular formula is C13H10OS2. The molecule has 0 unspecified atom stereocenters. The zero-order valence-electron chi connectivity index (χ0n) is 8.42. The molecule has 2 aromatic rings. The molecule has 0 radical (unpaired) electrons. The highest BCUT2D eigenvalue weighted by Gasteiger charge is 2.08. The summed E-state index contributed by atoms with van der Waals surface area (Å²) >= 11 is 8.39. The molecule has 0 spiro atoms. The third kappa shape index (κ3) is 2.49. The fourth-order valence-electron chi connectivity index (χ4n) is 1.43. The van der Waals surface area contributed by atoms with E-state index in [2.05, 4.69) is 25.3 Å². The van der Waals surface area contributed by atoms with Gasteiger partial charge in [0.2, 0.25) is 0 Å². The Labute approximate surface area is 105 Å². The van der Waals surface area contributed by atoms with Gasteiger partial charge < -0.3 is 0 Å². The minimum absolute atomic E-state index is 0.00392. The number of benzene rings is 2. The van der Waals surface area contributed by atoms with Crippen molar-refractivity contribution in [1.82, 2.24) is 0 Å². The number of hydrogen-bond donors (Lipinski definition) is 2. The van der Waals surface area contributed by atoms with Gasteiger partial charge in [-0.2, -0.15) is 0 Å². The van der Waals surface area contributed by atoms with E-state index < -0.39 is 0 Å². The summed E-state index contributed by atoms with van der Waals surface area (Å²) in [6.45, 7) is 0. The Hall–Kier alpha value is -1.19. The van der Waals surface area contributed by atoms with Crippen LogP contribution in [0.15, 0.2) is 58.3 Å². The number of hydrogen-bond acceptors (Lipinski definition) is 3. The van der Waals surface area contributed by atoms with E-state index in [1.807, 2.05) is 12.1 Å². The Balaban J connectivity index is 2.35. The third-order valence-corrected chi connectivity index (χ3v) is 2.81. The zero-order chi connectivity index (χ0) is 11.5. The first-order valence-corrected chi connectivity index (χ1v) is 5.69. The molecule has 80 valence electrons. The number of carbonyl (C=O) groups is 1. The lowest BCUT2D eigenvalue weighted by Crippen LogP contribution is -2.00. The quantitative estimate of drug-likeness (QED) is 0.612. The van der Waals surface area contributed by atoms with Crippen molar-refractivity contribution in [3.8, 4) is 0 Å². The van der Waals surface area contributed by atoms with Gasteiger partial charge in [0.1, 0.15) is 0 Å². The number of rotatable bonds is 2. The molecule has 2 rings (SSSR count). The first kappa shape index (κ1) is 11.3. The summed E-state index contributed by atoms with van der Waals surface area (Å²) < 4.78 is 0. The second-order valence-corrected chi connectivity index (χ2v) is 4.46. The Kier molecular flexibility index (Phi) is 3.36. The highest BCUT2D eigenvalue weighted by Crippen LogP contribution is 2.15. The molecular weight excluding hydrogens is 236 g/mol. The van der Waals surface area contributed by atoms with Crippen molar-refractivity contribution < 1.29 is 4.79 Å². The van der Waals surface area contributed by atoms with E-state index in [4.69, 9.17) is 0 Å². The van der Waals surface area contributed by atoms with Crippen LogP contribution in [0.1, 0.15) is 15.9 Å². The Morgan fingerprint density at radius 2 is 1.50 bits per heavy atom. The molecule has 3 heteroatoms. The van der Waals surface area contributed by atoms with Crippen molar-refractivity contribution in [2.24, 2.45) is 0 Å². The minimum Gasteiger partial charge on any atom is -0.289 e. The first-order valence-electron chi connectivity index (χ1n) is 4.79. The zero-order valence-corrected chi connectivity index (χ0v) is 10.2. The highest BCUT2D eigenvalue weighted by atomic mass is 32.1. The van der Waals surface area contributed by atoms with Crippen LogP contribution < -0.4 is 0 Å². The molecule has 0 fully saturated rings. The molecule has 0 heterocycles. The van der Waals surface area contributed by atoms with Crippen LogP contribution >= 0.6 is 25.3 Å². The van der Waals surface area contributed by atoms with Gasteiger partial charge in [-0.15, -0.1) is 25.3 Å². The number of thiol groups is 2. The van der Waals surface area contributed by atoms with Gasteiger partial charge in [-0.1, -0.05) is 12.1 Å². The molecule has 0 bridgehead atoms. The summed E-state index contributed by atoms with van der Waals surface area (Å²) in [6, 6.07) is 14.4. The lowest BCUT2D eigenvalue weighted by molar-refractivity contribution is 0.103. The molecule has 0 aliphatic carbocycles. The Morgan fingerprint density at radius 3 is 2.12 bits per heavy atom. The van der Waals surface area contributed by atoms with E-state index in [1.165, 1.54) is 0 Å². The van der Waals surface area contributed by atoms with Crippen LogP contribution in [0.3, 0.4) is 0 Å². The van der Waals surface area contributed by atoms with E-state index in [0.29, 0.717) is 11.1 Å². The van der Waals surface area contributed by atoms with Crippen LogP contribution in [0.4, 0.5) is 0 Å². The summed E-state index contributed by atoms with van der Waals surface area (Å²) in [5.74, 6) is 0.00392. The molecule has 0 aromatic heterocycles. The topological polar surface area (TPSA) is 17.1 Å². The van der Waals surface area contributed by atoms with Gasteiger partial charge in [-0.05, 0) is 36.4 Å². The largest absolute Gasteiger partial charge is 0.289 e. The van der Waals surface area contributed by atoms with Crippen molar-refractivity contribution in [2.75, 3.05) is 0 Å². The molecule has 16 heavy (non-hydrogen) atoms. The smallest absolute Gasteiger partial charge is 0.193 e. The maximum absolute atomic E-state index is 12.1. The van der Waals surface area contributed by atoms with E-state index >= 15 is 0 Å². The van der Waals surface area contributed by atoms with Gasteiger partial charge in [0.25, 0.3) is 0 Å². The predicted molar refractivity (Wildman–Crippen MR) is 70.8 cm³/mol. The van der Waals surface area contributed by atoms with Crippen LogP contribution in [0.2, 0.25) is 0 Å². The van der Waals surface area contributed by atoms with Crippen LogP contribution in [0, 0.1) is 0 Å². The Morgan fingerprint density at radius 1 is 0.812 bits per heavy atom. The second-order valence-electron chi connectivity index (χ2n) is 3.43. The standard InChI is InChI=1S/C13H10OS2/c14-13(9-4-6-11(15)7-5-9)10-2-1-3-12(16)8-10/h1-8,15-16H. The van der Waals surface area contributed by atoms with Crippen molar-refractivity contribution in [2.45, 2.75) is 9.79 Å². The lowest BCUT2D eigenvalue weighted by Gasteiger charge is -2.02. The molecule has 0 aliphatic heterocycles. The van der Waals surface area contributed by atoms with E-state index in [1.54, 1.807) is 36.4 Å². The lowest BCUT2D eigenvalue weighted by atomic mass is 10.0. The monoisotopic (exact) mass is 246 g/mol. The fraction of sp³-hybridized carbons (Fsp3) is 0. The van der Waals surface area contributed by atoms with Crippen molar-refractivity contribution in [3.05, 3.63) is 59.7 Å². The molecule has 0 N–H and O–H groups in total. The molecule has 0 saturated heterocycles. The summed E-state index contributed by atoms with van der Waals surface area (Å²) in [6.07, 6.45) is 0. The molecule has 2 aromatic carbocycles. The molecule has 0 amide bonds. The summed E-state index contributed by atoms with van der Waals surface area (Å²) in [5.41, 5.74) is 1.32. The van der Waals surface area contributed by atoms with E-state index in [0.717, 1.165) is 9.79 Å². The van der Waals surface area contributed by atoms with Crippen molar-refractivity contribution in [1.29, 1.82) is 0 Å².